The van der Waals surface area contributed by atoms with Gasteiger partial charge in [0, 0.05) is 17.6 Å². The van der Waals surface area contributed by atoms with E-state index in [2.05, 4.69) is 4.99 Å². The molecule has 3 nitrogen and oxygen atoms in total. The standard InChI is InChI=1S/C15H10Cl2N2OS/c1-19-13-11(17)6-3-7-12(13)21-15(19)18-14(20)9-4-2-5-10(16)8-9/h2-8H,1H3. The highest BCUT2D eigenvalue weighted by Gasteiger charge is 2.09. The Hall–Kier alpha value is -1.62. The molecule has 1 amide bonds. The summed E-state index contributed by atoms with van der Waals surface area (Å²) in [6, 6.07) is 12.4. The number of nitrogens with zero attached hydrogens (tertiary/aromatic N) is 2. The highest BCUT2D eigenvalue weighted by molar-refractivity contribution is 7.16. The fourth-order valence-corrected chi connectivity index (χ4v) is 3.63. The molecule has 106 valence electrons. The lowest BCUT2D eigenvalue weighted by Gasteiger charge is -1.98. The highest BCUT2D eigenvalue weighted by Crippen LogP contribution is 2.24. The van der Waals surface area contributed by atoms with E-state index < -0.39 is 0 Å². The number of amides is 1. The van der Waals surface area contributed by atoms with Gasteiger partial charge < -0.3 is 4.57 Å². The molecule has 0 N–H and O–H groups in total. The molecule has 1 heterocycles. The number of hydrogen-bond donors (Lipinski definition) is 0. The number of para-hydroxylation sites is 1. The second-order valence-electron chi connectivity index (χ2n) is 4.46. The molecular weight excluding hydrogens is 327 g/mol. The normalized spacial score (nSPS) is 12.0. The monoisotopic (exact) mass is 336 g/mol. The third kappa shape index (κ3) is 2.75. The molecule has 0 radical (unpaired) electrons. The lowest BCUT2D eigenvalue weighted by atomic mass is 10.2. The van der Waals surface area contributed by atoms with Crippen LogP contribution >= 0.6 is 34.5 Å². The summed E-state index contributed by atoms with van der Waals surface area (Å²) in [4.78, 5) is 17.0. The van der Waals surface area contributed by atoms with Crippen LogP contribution in [0.15, 0.2) is 47.5 Å². The highest BCUT2D eigenvalue weighted by atomic mass is 35.5. The van der Waals surface area contributed by atoms with Crippen molar-refractivity contribution in [2.45, 2.75) is 0 Å². The van der Waals surface area contributed by atoms with Crippen LogP contribution in [-0.2, 0) is 7.05 Å². The minimum Gasteiger partial charge on any atom is -0.318 e. The topological polar surface area (TPSA) is 34.4 Å². The fraction of sp³-hybridized carbons (Fsp3) is 0.0667. The van der Waals surface area contributed by atoms with Crippen LogP contribution in [0.2, 0.25) is 10.0 Å². The Morgan fingerprint density at radius 3 is 2.67 bits per heavy atom. The van der Waals surface area contributed by atoms with E-state index >= 15 is 0 Å². The molecule has 0 unspecified atom stereocenters. The van der Waals surface area contributed by atoms with Crippen molar-refractivity contribution in [2.24, 2.45) is 12.0 Å². The molecule has 3 rings (SSSR count). The van der Waals surface area contributed by atoms with Crippen molar-refractivity contribution < 1.29 is 4.79 Å². The third-order valence-electron chi connectivity index (χ3n) is 3.04. The Bertz CT molecular complexity index is 911. The zero-order valence-corrected chi connectivity index (χ0v) is 13.3. The Balaban J connectivity index is 2.14. The van der Waals surface area contributed by atoms with E-state index in [0.29, 0.717) is 20.4 Å². The van der Waals surface area contributed by atoms with E-state index in [9.17, 15) is 4.79 Å². The van der Waals surface area contributed by atoms with Crippen LogP contribution in [0.5, 0.6) is 0 Å². The number of thiazole rings is 1. The molecule has 0 atom stereocenters. The fourth-order valence-electron chi connectivity index (χ4n) is 2.04. The molecule has 0 bridgehead atoms. The van der Waals surface area contributed by atoms with E-state index in [4.69, 9.17) is 23.2 Å². The van der Waals surface area contributed by atoms with Gasteiger partial charge in [0.25, 0.3) is 5.91 Å². The Kier molecular flexibility index (Phi) is 3.85. The van der Waals surface area contributed by atoms with Gasteiger partial charge in [-0.2, -0.15) is 4.99 Å². The lowest BCUT2D eigenvalue weighted by molar-refractivity contribution is 0.0998. The molecule has 0 saturated heterocycles. The Morgan fingerprint density at radius 2 is 1.95 bits per heavy atom. The van der Waals surface area contributed by atoms with Crippen molar-refractivity contribution >= 4 is 50.7 Å². The van der Waals surface area contributed by atoms with Gasteiger partial charge in [0.1, 0.15) is 0 Å². The van der Waals surface area contributed by atoms with Crippen LogP contribution in [0.1, 0.15) is 10.4 Å². The van der Waals surface area contributed by atoms with Crippen molar-refractivity contribution in [1.82, 2.24) is 4.57 Å². The van der Waals surface area contributed by atoms with E-state index in [1.165, 1.54) is 11.3 Å². The molecule has 0 aliphatic rings. The predicted octanol–water partition coefficient (Wildman–Crippen LogP) is 4.29. The molecule has 0 fully saturated rings. The summed E-state index contributed by atoms with van der Waals surface area (Å²) in [6.45, 7) is 0. The molecule has 0 spiro atoms. The number of rotatable bonds is 1. The first-order valence-corrected chi connectivity index (χ1v) is 7.72. The van der Waals surface area contributed by atoms with Gasteiger partial charge in [-0.25, -0.2) is 0 Å². The smallest absolute Gasteiger partial charge is 0.279 e. The summed E-state index contributed by atoms with van der Waals surface area (Å²) in [5.41, 5.74) is 1.34. The second kappa shape index (κ2) is 5.64. The first-order valence-electron chi connectivity index (χ1n) is 6.15. The first-order chi connectivity index (χ1) is 10.1. The molecule has 21 heavy (non-hydrogen) atoms. The second-order valence-corrected chi connectivity index (χ2v) is 6.31. The molecule has 6 heteroatoms. The summed E-state index contributed by atoms with van der Waals surface area (Å²) in [5, 5.41) is 1.16. The lowest BCUT2D eigenvalue weighted by Crippen LogP contribution is -2.13. The average Bonchev–Trinajstić information content (AvgIpc) is 2.77. The van der Waals surface area contributed by atoms with Crippen LogP contribution in [0.25, 0.3) is 10.2 Å². The Morgan fingerprint density at radius 1 is 1.19 bits per heavy atom. The number of benzene rings is 2. The molecule has 0 aliphatic carbocycles. The number of carbonyl (C=O) groups is 1. The van der Waals surface area contributed by atoms with Gasteiger partial charge in [-0.05, 0) is 30.3 Å². The van der Waals surface area contributed by atoms with Crippen LogP contribution < -0.4 is 4.80 Å². The number of fused-ring (bicyclic) bond motifs is 1. The number of halogens is 2. The zero-order chi connectivity index (χ0) is 15.0. The maximum absolute atomic E-state index is 12.2. The minimum absolute atomic E-state index is 0.323. The van der Waals surface area contributed by atoms with Gasteiger partial charge in [0.05, 0.1) is 15.2 Å². The van der Waals surface area contributed by atoms with E-state index in [1.54, 1.807) is 24.3 Å². The van der Waals surface area contributed by atoms with Gasteiger partial charge >= 0.3 is 0 Å². The zero-order valence-electron chi connectivity index (χ0n) is 11.0. The van der Waals surface area contributed by atoms with Crippen molar-refractivity contribution in [1.29, 1.82) is 0 Å². The summed E-state index contributed by atoms with van der Waals surface area (Å²) in [7, 11) is 1.84. The predicted molar refractivity (Wildman–Crippen MR) is 87.2 cm³/mol. The largest absolute Gasteiger partial charge is 0.318 e. The summed E-state index contributed by atoms with van der Waals surface area (Å²) >= 11 is 13.5. The van der Waals surface area contributed by atoms with Gasteiger partial charge in [-0.3, -0.25) is 4.79 Å². The van der Waals surface area contributed by atoms with Crippen molar-refractivity contribution in [3.63, 3.8) is 0 Å². The maximum atomic E-state index is 12.2. The van der Waals surface area contributed by atoms with Crippen LogP contribution in [-0.4, -0.2) is 10.5 Å². The molecule has 0 aliphatic heterocycles. The van der Waals surface area contributed by atoms with E-state index in [1.807, 2.05) is 29.8 Å². The summed E-state index contributed by atoms with van der Waals surface area (Å²) in [5.74, 6) is -0.323. The molecule has 2 aromatic carbocycles. The minimum atomic E-state index is -0.323. The quantitative estimate of drug-likeness (QED) is 0.652. The van der Waals surface area contributed by atoms with Gasteiger partial charge in [0.15, 0.2) is 4.80 Å². The van der Waals surface area contributed by atoms with Crippen LogP contribution in [0.3, 0.4) is 0 Å². The number of aromatic nitrogens is 1. The van der Waals surface area contributed by atoms with Crippen LogP contribution in [0.4, 0.5) is 0 Å². The van der Waals surface area contributed by atoms with E-state index in [-0.39, 0.29) is 5.91 Å². The SMILES string of the molecule is Cn1c(=NC(=O)c2cccc(Cl)c2)sc2cccc(Cl)c21. The van der Waals surface area contributed by atoms with Gasteiger partial charge in [-0.15, -0.1) is 0 Å². The van der Waals surface area contributed by atoms with Crippen molar-refractivity contribution in [3.05, 3.63) is 62.9 Å². The average molecular weight is 337 g/mol. The Labute approximate surface area is 135 Å². The van der Waals surface area contributed by atoms with Gasteiger partial charge in [-0.1, -0.05) is 46.7 Å². The van der Waals surface area contributed by atoms with Crippen LogP contribution in [0, 0.1) is 0 Å². The van der Waals surface area contributed by atoms with E-state index in [0.717, 1.165) is 10.2 Å². The van der Waals surface area contributed by atoms with Crippen molar-refractivity contribution in [3.8, 4) is 0 Å². The number of aryl methyl sites for hydroxylation is 1. The molecule has 1 aromatic heterocycles. The molecular formula is C15H10Cl2N2OS. The third-order valence-corrected chi connectivity index (χ3v) is 4.68. The first kappa shape index (κ1) is 14.3. The number of carbonyl (C=O) groups excluding carboxylic acids is 1. The summed E-state index contributed by atoms with van der Waals surface area (Å²) < 4.78 is 2.81. The number of hydrogen-bond acceptors (Lipinski definition) is 2. The summed E-state index contributed by atoms with van der Waals surface area (Å²) in [6.07, 6.45) is 0. The molecule has 3 aromatic rings. The van der Waals surface area contributed by atoms with Crippen molar-refractivity contribution in [2.75, 3.05) is 0 Å². The molecule has 0 saturated carbocycles. The van der Waals surface area contributed by atoms with Gasteiger partial charge in [0.2, 0.25) is 0 Å². The maximum Gasteiger partial charge on any atom is 0.279 e.